The number of allylic oxidation sites excluding steroid dienone is 1. The fraction of sp³-hybridized carbons (Fsp3) is 0.343. The Morgan fingerprint density at radius 1 is 0.878 bits per heavy atom. The van der Waals surface area contributed by atoms with Crippen molar-refractivity contribution in [2.45, 2.75) is 63.8 Å². The van der Waals surface area contributed by atoms with Crippen molar-refractivity contribution in [3.8, 4) is 0 Å². The van der Waals surface area contributed by atoms with Gasteiger partial charge in [0.05, 0.1) is 30.1 Å². The maximum atomic E-state index is 14.2. The summed E-state index contributed by atoms with van der Waals surface area (Å²) in [5.74, 6) is -0.378. The molecule has 6 heteroatoms. The minimum Gasteiger partial charge on any atom is -0.465 e. The van der Waals surface area contributed by atoms with Crippen LogP contribution in [0, 0.1) is 5.92 Å². The Hall–Kier alpha value is -4.19. The number of nitrogens with one attached hydrogen (secondary N) is 1. The molecule has 0 aromatic heterocycles. The predicted molar refractivity (Wildman–Crippen MR) is 160 cm³/mol. The number of hydrogen-bond acceptors (Lipinski definition) is 5. The van der Waals surface area contributed by atoms with Gasteiger partial charge >= 0.3 is 5.97 Å². The van der Waals surface area contributed by atoms with Gasteiger partial charge in [-0.2, -0.15) is 0 Å². The van der Waals surface area contributed by atoms with Crippen LogP contribution in [0.1, 0.15) is 85.5 Å². The van der Waals surface area contributed by atoms with Gasteiger partial charge in [-0.1, -0.05) is 69.3 Å². The summed E-state index contributed by atoms with van der Waals surface area (Å²) >= 11 is 0. The predicted octanol–water partition coefficient (Wildman–Crippen LogP) is 7.08. The van der Waals surface area contributed by atoms with E-state index in [1.165, 1.54) is 12.7 Å². The number of carbonyl (C=O) groups excluding carboxylic acids is 3. The first-order valence-corrected chi connectivity index (χ1v) is 14.4. The molecule has 41 heavy (non-hydrogen) atoms. The minimum absolute atomic E-state index is 0.0303. The van der Waals surface area contributed by atoms with E-state index in [0.717, 1.165) is 41.0 Å². The molecule has 1 fully saturated rings. The van der Waals surface area contributed by atoms with E-state index in [2.05, 4.69) is 50.4 Å². The average Bonchev–Trinajstić information content (AvgIpc) is 3.82. The first kappa shape index (κ1) is 27.0. The molecule has 3 aromatic rings. The number of ketones is 1. The van der Waals surface area contributed by atoms with E-state index < -0.39 is 12.0 Å². The number of nitrogens with zero attached hydrogens (tertiary/aromatic N) is 1. The highest BCUT2D eigenvalue weighted by molar-refractivity contribution is 6.07. The number of Topliss-reactive ketones (excluding diaryl/α,β-unsaturated/α-hetero) is 1. The van der Waals surface area contributed by atoms with Gasteiger partial charge in [0.2, 0.25) is 5.91 Å². The normalized spacial score (nSPS) is 20.5. The average molecular weight is 549 g/mol. The molecular weight excluding hydrogens is 512 g/mol. The highest BCUT2D eigenvalue weighted by atomic mass is 16.5. The second kappa shape index (κ2) is 10.3. The van der Waals surface area contributed by atoms with Gasteiger partial charge in [-0.3, -0.25) is 14.5 Å². The Morgan fingerprint density at radius 2 is 1.54 bits per heavy atom. The second-order valence-electron chi connectivity index (χ2n) is 12.4. The highest BCUT2D eigenvalue weighted by Gasteiger charge is 2.45. The Kier molecular flexibility index (Phi) is 6.80. The van der Waals surface area contributed by atoms with E-state index in [9.17, 15) is 14.4 Å². The lowest BCUT2D eigenvalue weighted by molar-refractivity contribution is -0.120. The van der Waals surface area contributed by atoms with Crippen LogP contribution in [0.15, 0.2) is 84.1 Å². The topological polar surface area (TPSA) is 75.7 Å². The molecule has 3 aliphatic rings. The fourth-order valence-corrected chi connectivity index (χ4v) is 6.09. The number of para-hydroxylation sites is 2. The first-order chi connectivity index (χ1) is 19.7. The maximum absolute atomic E-state index is 14.2. The number of methoxy groups -OCH3 is 1. The van der Waals surface area contributed by atoms with E-state index in [-0.39, 0.29) is 28.9 Å². The smallest absolute Gasteiger partial charge is 0.337 e. The van der Waals surface area contributed by atoms with Gasteiger partial charge in [-0.15, -0.1) is 0 Å². The van der Waals surface area contributed by atoms with Crippen molar-refractivity contribution in [2.24, 2.45) is 5.92 Å². The number of fused-ring (bicyclic) bond motifs is 1. The molecule has 2 unspecified atom stereocenters. The molecule has 2 atom stereocenters. The summed E-state index contributed by atoms with van der Waals surface area (Å²) in [5.41, 5.74) is 6.73. The van der Waals surface area contributed by atoms with Crippen LogP contribution in [0.25, 0.3) is 0 Å². The van der Waals surface area contributed by atoms with Crippen LogP contribution in [-0.4, -0.2) is 24.8 Å². The molecule has 0 saturated heterocycles. The van der Waals surface area contributed by atoms with Crippen molar-refractivity contribution in [2.75, 3.05) is 17.3 Å². The molecule has 6 rings (SSSR count). The standard InChI is InChI=1S/C35H36N2O4/c1-35(2,3)26-17-15-21(16-18-26)25-19-28-31(30(38)20-25)32(22-9-13-24(14-10-22)34(40)41-4)37(33(39)23-11-12-23)29-8-6-5-7-27(29)36-28/h5-10,13-18,23,25,32,36H,11-12,19-20H2,1-4H3. The van der Waals surface area contributed by atoms with Crippen molar-refractivity contribution < 1.29 is 19.1 Å². The van der Waals surface area contributed by atoms with Crippen LogP contribution >= 0.6 is 0 Å². The van der Waals surface area contributed by atoms with Gasteiger partial charge in [-0.25, -0.2) is 4.79 Å². The Labute approximate surface area is 241 Å². The second-order valence-corrected chi connectivity index (χ2v) is 12.4. The number of benzene rings is 3. The van der Waals surface area contributed by atoms with Gasteiger partial charge in [0.15, 0.2) is 5.78 Å². The molecule has 1 N–H and O–H groups in total. The van der Waals surface area contributed by atoms with Crippen molar-refractivity contribution in [1.29, 1.82) is 0 Å². The highest BCUT2D eigenvalue weighted by Crippen LogP contribution is 2.49. The number of amides is 1. The summed E-state index contributed by atoms with van der Waals surface area (Å²) in [6.07, 6.45) is 2.73. The Morgan fingerprint density at radius 3 is 2.17 bits per heavy atom. The van der Waals surface area contributed by atoms with Crippen molar-refractivity contribution in [1.82, 2.24) is 0 Å². The van der Waals surface area contributed by atoms with Crippen molar-refractivity contribution in [3.05, 3.63) is 106 Å². The number of hydrogen-bond donors (Lipinski definition) is 1. The van der Waals surface area contributed by atoms with Crippen LogP contribution in [-0.2, 0) is 19.7 Å². The van der Waals surface area contributed by atoms with Crippen LogP contribution in [0.3, 0.4) is 0 Å². The lowest BCUT2D eigenvalue weighted by atomic mass is 9.77. The summed E-state index contributed by atoms with van der Waals surface area (Å²) in [4.78, 5) is 42.1. The van der Waals surface area contributed by atoms with Gasteiger partial charge in [-0.05, 0) is 71.6 Å². The van der Waals surface area contributed by atoms with Crippen molar-refractivity contribution in [3.63, 3.8) is 0 Å². The summed E-state index contributed by atoms with van der Waals surface area (Å²) in [6.45, 7) is 6.59. The third-order valence-corrected chi connectivity index (χ3v) is 8.55. The molecule has 6 nitrogen and oxygen atoms in total. The third kappa shape index (κ3) is 5.08. The molecule has 1 heterocycles. The number of esters is 1. The van der Waals surface area contributed by atoms with E-state index in [4.69, 9.17) is 4.74 Å². The van der Waals surface area contributed by atoms with E-state index in [0.29, 0.717) is 24.0 Å². The molecule has 1 saturated carbocycles. The largest absolute Gasteiger partial charge is 0.465 e. The quantitative estimate of drug-likeness (QED) is 0.353. The molecule has 1 amide bonds. The van der Waals surface area contributed by atoms with E-state index in [1.807, 2.05) is 41.3 Å². The number of carbonyl (C=O) groups is 3. The number of rotatable bonds is 4. The Balaban J connectivity index is 1.47. The monoisotopic (exact) mass is 548 g/mol. The van der Waals surface area contributed by atoms with E-state index in [1.54, 1.807) is 12.1 Å². The van der Waals surface area contributed by atoms with Crippen LogP contribution < -0.4 is 10.2 Å². The van der Waals surface area contributed by atoms with Crippen LogP contribution in [0.2, 0.25) is 0 Å². The van der Waals surface area contributed by atoms with E-state index >= 15 is 0 Å². The zero-order valence-electron chi connectivity index (χ0n) is 24.1. The molecule has 210 valence electrons. The van der Waals surface area contributed by atoms with Gasteiger partial charge in [0.25, 0.3) is 0 Å². The molecule has 0 radical (unpaired) electrons. The first-order valence-electron chi connectivity index (χ1n) is 14.4. The summed E-state index contributed by atoms with van der Waals surface area (Å²) in [5, 5.41) is 3.60. The Bertz CT molecular complexity index is 1540. The molecule has 1 aliphatic heterocycles. The maximum Gasteiger partial charge on any atom is 0.337 e. The zero-order valence-corrected chi connectivity index (χ0v) is 24.1. The summed E-state index contributed by atoms with van der Waals surface area (Å²) in [7, 11) is 1.35. The van der Waals surface area contributed by atoms with Gasteiger partial charge in [0, 0.05) is 23.6 Å². The third-order valence-electron chi connectivity index (χ3n) is 8.55. The zero-order chi connectivity index (χ0) is 28.9. The molecular formula is C35H36N2O4. The minimum atomic E-state index is -0.599. The van der Waals surface area contributed by atoms with Crippen molar-refractivity contribution >= 4 is 29.0 Å². The van der Waals surface area contributed by atoms with Gasteiger partial charge in [0.1, 0.15) is 0 Å². The summed E-state index contributed by atoms with van der Waals surface area (Å²) in [6, 6.07) is 22.9. The number of anilines is 2. The molecule has 2 aliphatic carbocycles. The SMILES string of the molecule is COC(=O)c1ccc(C2C3=C(CC(c4ccc(C(C)(C)C)cc4)CC3=O)Nc3ccccc3N2C(=O)C2CC2)cc1. The molecule has 0 bridgehead atoms. The fourth-order valence-electron chi connectivity index (χ4n) is 6.09. The van der Waals surface area contributed by atoms with Crippen LogP contribution in [0.4, 0.5) is 11.4 Å². The van der Waals surface area contributed by atoms with Crippen LogP contribution in [0.5, 0.6) is 0 Å². The lowest BCUT2D eigenvalue weighted by Gasteiger charge is -2.35. The van der Waals surface area contributed by atoms with Gasteiger partial charge < -0.3 is 10.1 Å². The number of ether oxygens (including phenoxy) is 1. The summed E-state index contributed by atoms with van der Waals surface area (Å²) < 4.78 is 4.89. The molecule has 3 aromatic carbocycles. The lowest BCUT2D eigenvalue weighted by Crippen LogP contribution is -2.39. The molecule has 0 spiro atoms.